The van der Waals surface area contributed by atoms with E-state index < -0.39 is 45.5 Å². The Morgan fingerprint density at radius 3 is 2.39 bits per heavy atom. The second-order valence-electron chi connectivity index (χ2n) is 9.35. The van der Waals surface area contributed by atoms with Crippen molar-refractivity contribution in [3.8, 4) is 0 Å². The zero-order valence-electron chi connectivity index (χ0n) is 20.6. The summed E-state index contributed by atoms with van der Waals surface area (Å²) >= 11 is 18.4. The van der Waals surface area contributed by atoms with E-state index in [1.165, 1.54) is 33.7 Å². The van der Waals surface area contributed by atoms with Crippen LogP contribution in [-0.2, 0) is 20.9 Å². The first-order chi connectivity index (χ1) is 19.6. The van der Waals surface area contributed by atoms with E-state index in [-0.39, 0.29) is 16.6 Å². The zero-order chi connectivity index (χ0) is 29.0. The summed E-state index contributed by atoms with van der Waals surface area (Å²) in [5, 5.41) is 2.68. The number of anilines is 2. The van der Waals surface area contributed by atoms with Gasteiger partial charge < -0.3 is 5.32 Å². The van der Waals surface area contributed by atoms with Gasteiger partial charge in [0.05, 0.1) is 26.7 Å². The molecule has 3 atom stereocenters. The lowest BCUT2D eigenvalue weighted by Crippen LogP contribution is -2.33. The normalized spacial score (nSPS) is 19.7. The number of rotatable bonds is 5. The molecule has 1 N–H and O–H groups in total. The summed E-state index contributed by atoms with van der Waals surface area (Å²) in [5.74, 6) is -3.41. The second kappa shape index (κ2) is 11.0. The number of amides is 3. The summed E-state index contributed by atoms with van der Waals surface area (Å²) in [7, 11) is 0. The number of hydrogen-bond donors (Lipinski definition) is 1. The molecule has 208 valence electrons. The summed E-state index contributed by atoms with van der Waals surface area (Å²) in [4.78, 5) is 55.2. The van der Waals surface area contributed by atoms with Crippen molar-refractivity contribution in [2.75, 3.05) is 10.2 Å². The number of benzene rings is 3. The standard InChI is InChI=1S/C28H17BrCl2FN3O4S2/c29-13-4-10-16(11-5-13)35-25(37)21-20(17-2-1-3-18(30)22(17)31)24-27(40-23(21)26(35)38)34(28(39)41-24)12-19(36)33-15-8-6-14(32)7-9-15/h1-11,20-21,23H,12H2,(H,33,36)/t20-,21?,23?/m1/s1. The van der Waals surface area contributed by atoms with Crippen LogP contribution in [0.25, 0.3) is 0 Å². The summed E-state index contributed by atoms with van der Waals surface area (Å²) in [6.45, 7) is -0.346. The molecule has 6 rings (SSSR count). The summed E-state index contributed by atoms with van der Waals surface area (Å²) in [6, 6.07) is 17.1. The number of hydrogen-bond acceptors (Lipinski definition) is 6. The highest BCUT2D eigenvalue weighted by Crippen LogP contribution is 2.55. The van der Waals surface area contributed by atoms with Crippen LogP contribution in [0.2, 0.25) is 10.0 Å². The molecule has 7 nitrogen and oxygen atoms in total. The minimum atomic E-state index is -0.876. The lowest BCUT2D eigenvalue weighted by atomic mass is 9.83. The van der Waals surface area contributed by atoms with Gasteiger partial charge in [-0.05, 0) is 60.2 Å². The van der Waals surface area contributed by atoms with E-state index in [2.05, 4.69) is 21.2 Å². The number of halogens is 4. The molecule has 13 heteroatoms. The highest BCUT2D eigenvalue weighted by atomic mass is 79.9. The minimum absolute atomic E-state index is 0.222. The molecule has 3 amide bonds. The third kappa shape index (κ3) is 5.03. The van der Waals surface area contributed by atoms with Crippen LogP contribution < -0.4 is 15.1 Å². The third-order valence-electron chi connectivity index (χ3n) is 6.88. The van der Waals surface area contributed by atoms with Gasteiger partial charge in [0.15, 0.2) is 0 Å². The quantitative estimate of drug-likeness (QED) is 0.240. The lowest BCUT2D eigenvalue weighted by Gasteiger charge is -2.31. The van der Waals surface area contributed by atoms with Gasteiger partial charge in [-0.25, -0.2) is 9.29 Å². The Labute approximate surface area is 259 Å². The first-order valence-corrected chi connectivity index (χ1v) is 15.4. The largest absolute Gasteiger partial charge is 0.325 e. The summed E-state index contributed by atoms with van der Waals surface area (Å²) in [6.07, 6.45) is 0. The highest BCUT2D eigenvalue weighted by molar-refractivity contribution is 9.10. The summed E-state index contributed by atoms with van der Waals surface area (Å²) < 4.78 is 15.4. The maximum absolute atomic E-state index is 14.0. The van der Waals surface area contributed by atoms with Gasteiger partial charge in [0.2, 0.25) is 17.7 Å². The zero-order valence-corrected chi connectivity index (χ0v) is 25.4. The van der Waals surface area contributed by atoms with Gasteiger partial charge in [0, 0.05) is 21.0 Å². The molecule has 1 saturated heterocycles. The molecule has 0 radical (unpaired) electrons. The number of nitrogens with zero attached hydrogens (tertiary/aromatic N) is 2. The number of carbonyl (C=O) groups excluding carboxylic acids is 3. The van der Waals surface area contributed by atoms with Crippen molar-refractivity contribution in [1.82, 2.24) is 4.57 Å². The van der Waals surface area contributed by atoms with Crippen LogP contribution in [0.1, 0.15) is 16.4 Å². The number of carbonyl (C=O) groups is 3. The maximum Gasteiger partial charge on any atom is 0.308 e. The molecule has 0 bridgehead atoms. The molecule has 0 saturated carbocycles. The summed E-state index contributed by atoms with van der Waals surface area (Å²) in [5.41, 5.74) is 1.30. The Balaban J connectivity index is 1.43. The minimum Gasteiger partial charge on any atom is -0.325 e. The van der Waals surface area contributed by atoms with Crippen molar-refractivity contribution in [3.05, 3.63) is 107 Å². The van der Waals surface area contributed by atoms with Crippen molar-refractivity contribution in [2.45, 2.75) is 22.7 Å². The number of fused-ring (bicyclic) bond motifs is 2. The Hall–Kier alpha value is -2.96. The van der Waals surface area contributed by atoms with E-state index in [1.54, 1.807) is 42.5 Å². The van der Waals surface area contributed by atoms with E-state index in [0.717, 1.165) is 27.6 Å². The fraction of sp³-hybridized carbons (Fsp3) is 0.143. The first-order valence-electron chi connectivity index (χ1n) is 12.2. The molecule has 2 aliphatic rings. The predicted octanol–water partition coefficient (Wildman–Crippen LogP) is 6.55. The number of thioether (sulfide) groups is 1. The van der Waals surface area contributed by atoms with Crippen LogP contribution in [-0.4, -0.2) is 27.5 Å². The first kappa shape index (κ1) is 28.2. The Bertz CT molecular complexity index is 1780. The Kier molecular flexibility index (Phi) is 7.58. The van der Waals surface area contributed by atoms with E-state index in [4.69, 9.17) is 23.2 Å². The molecule has 2 unspecified atom stereocenters. The Morgan fingerprint density at radius 1 is 0.976 bits per heavy atom. The molecule has 2 aliphatic heterocycles. The average Bonchev–Trinajstić information content (AvgIpc) is 3.38. The van der Waals surface area contributed by atoms with Crippen LogP contribution in [0, 0.1) is 11.7 Å². The van der Waals surface area contributed by atoms with Gasteiger partial charge in [-0.3, -0.25) is 23.7 Å². The topological polar surface area (TPSA) is 88.5 Å². The van der Waals surface area contributed by atoms with Crippen molar-refractivity contribution in [1.29, 1.82) is 0 Å². The maximum atomic E-state index is 14.0. The third-order valence-corrected chi connectivity index (χ3v) is 10.8. The van der Waals surface area contributed by atoms with Gasteiger partial charge in [-0.1, -0.05) is 74.4 Å². The molecular formula is C28H17BrCl2FN3O4S2. The molecule has 1 fully saturated rings. The van der Waals surface area contributed by atoms with E-state index >= 15 is 0 Å². The SMILES string of the molecule is O=C(Cn1c2c(sc1=O)[C@H](c1cccc(Cl)c1Cl)C1C(=O)N(c3ccc(Br)cc3)C(=O)C1S2)Nc1ccc(F)cc1. The van der Waals surface area contributed by atoms with Crippen LogP contribution in [0.5, 0.6) is 0 Å². The van der Waals surface area contributed by atoms with Crippen molar-refractivity contribution >= 4 is 91.3 Å². The van der Waals surface area contributed by atoms with Crippen LogP contribution in [0.15, 0.2) is 81.0 Å². The molecule has 0 spiro atoms. The van der Waals surface area contributed by atoms with Crippen LogP contribution >= 0.6 is 62.2 Å². The monoisotopic (exact) mass is 691 g/mol. The average molecular weight is 693 g/mol. The molecule has 1 aromatic heterocycles. The number of aromatic nitrogens is 1. The number of imide groups is 1. The van der Waals surface area contributed by atoms with E-state index in [0.29, 0.717) is 26.8 Å². The highest BCUT2D eigenvalue weighted by Gasteiger charge is 2.57. The predicted molar refractivity (Wildman–Crippen MR) is 162 cm³/mol. The van der Waals surface area contributed by atoms with Crippen molar-refractivity contribution < 1.29 is 18.8 Å². The number of nitrogens with one attached hydrogen (secondary N) is 1. The molecule has 41 heavy (non-hydrogen) atoms. The lowest BCUT2D eigenvalue weighted by molar-refractivity contribution is -0.122. The fourth-order valence-electron chi connectivity index (χ4n) is 5.07. The number of thiazole rings is 1. The molecule has 0 aliphatic carbocycles. The van der Waals surface area contributed by atoms with Crippen LogP contribution in [0.4, 0.5) is 15.8 Å². The van der Waals surface area contributed by atoms with Crippen LogP contribution in [0.3, 0.4) is 0 Å². The Morgan fingerprint density at radius 2 is 1.68 bits per heavy atom. The van der Waals surface area contributed by atoms with E-state index in [9.17, 15) is 23.6 Å². The van der Waals surface area contributed by atoms with Gasteiger partial charge in [0.1, 0.15) is 17.6 Å². The van der Waals surface area contributed by atoms with Gasteiger partial charge in [-0.15, -0.1) is 0 Å². The van der Waals surface area contributed by atoms with Gasteiger partial charge in [0.25, 0.3) is 0 Å². The van der Waals surface area contributed by atoms with Gasteiger partial charge >= 0.3 is 4.87 Å². The van der Waals surface area contributed by atoms with Gasteiger partial charge in [-0.2, -0.15) is 0 Å². The van der Waals surface area contributed by atoms with Crippen molar-refractivity contribution in [2.24, 2.45) is 5.92 Å². The smallest absolute Gasteiger partial charge is 0.308 e. The van der Waals surface area contributed by atoms with Crippen molar-refractivity contribution in [3.63, 3.8) is 0 Å². The fourth-order valence-corrected chi connectivity index (χ4v) is 8.53. The second-order valence-corrected chi connectivity index (χ2v) is 13.2. The molecule has 4 aromatic rings. The van der Waals surface area contributed by atoms with E-state index in [1.807, 2.05) is 0 Å². The molecular weight excluding hydrogens is 676 g/mol. The molecule has 3 heterocycles. The molecule has 3 aromatic carbocycles.